The molecule has 0 heterocycles. The summed E-state index contributed by atoms with van der Waals surface area (Å²) in [7, 11) is 2.15. The van der Waals surface area contributed by atoms with E-state index in [0.717, 1.165) is 39.4 Å². The van der Waals surface area contributed by atoms with Gasteiger partial charge in [0.05, 0.1) is 6.61 Å². The summed E-state index contributed by atoms with van der Waals surface area (Å²) < 4.78 is 5.41. The predicted octanol–water partition coefficient (Wildman–Crippen LogP) is 2.90. The van der Waals surface area contributed by atoms with Gasteiger partial charge in [0.25, 0.3) is 0 Å². The number of rotatable bonds is 10. The van der Waals surface area contributed by atoms with E-state index in [1.165, 1.54) is 11.1 Å². The van der Waals surface area contributed by atoms with Gasteiger partial charge < -0.3 is 10.1 Å². The van der Waals surface area contributed by atoms with E-state index in [0.29, 0.717) is 5.92 Å². The number of nitrogens with one attached hydrogen (secondary N) is 1. The van der Waals surface area contributed by atoms with Gasteiger partial charge in [0.2, 0.25) is 0 Å². The van der Waals surface area contributed by atoms with Crippen LogP contribution in [0.5, 0.6) is 0 Å². The Morgan fingerprint density at radius 1 is 1.20 bits per heavy atom. The molecule has 0 fully saturated rings. The Morgan fingerprint density at radius 2 is 1.90 bits per heavy atom. The molecule has 0 amide bonds. The second-order valence-electron chi connectivity index (χ2n) is 5.73. The van der Waals surface area contributed by atoms with Crippen LogP contribution in [0, 0.1) is 5.92 Å². The van der Waals surface area contributed by atoms with Crippen molar-refractivity contribution < 1.29 is 4.74 Å². The molecule has 0 unspecified atom stereocenters. The number of ether oxygens (including phenoxy) is 1. The third kappa shape index (κ3) is 7.04. The Labute approximate surface area is 124 Å². The van der Waals surface area contributed by atoms with Gasteiger partial charge in [-0.2, -0.15) is 0 Å². The van der Waals surface area contributed by atoms with Crippen LogP contribution < -0.4 is 5.32 Å². The Morgan fingerprint density at radius 3 is 2.55 bits per heavy atom. The van der Waals surface area contributed by atoms with E-state index in [1.807, 2.05) is 6.92 Å². The molecule has 0 aromatic heterocycles. The highest BCUT2D eigenvalue weighted by Gasteiger charge is 2.05. The maximum atomic E-state index is 5.41. The van der Waals surface area contributed by atoms with E-state index in [9.17, 15) is 0 Å². The molecule has 1 aromatic rings. The van der Waals surface area contributed by atoms with Crippen molar-refractivity contribution in [3.8, 4) is 0 Å². The molecule has 1 rings (SSSR count). The maximum absolute atomic E-state index is 5.41. The third-order valence-corrected chi connectivity index (χ3v) is 3.25. The van der Waals surface area contributed by atoms with Gasteiger partial charge in [-0.1, -0.05) is 38.1 Å². The first-order valence-electron chi connectivity index (χ1n) is 7.67. The highest BCUT2D eigenvalue weighted by Crippen LogP contribution is 2.11. The first kappa shape index (κ1) is 17.2. The fraction of sp³-hybridized carbons (Fsp3) is 0.647. The molecular weight excluding hydrogens is 248 g/mol. The quantitative estimate of drug-likeness (QED) is 0.666. The first-order chi connectivity index (χ1) is 9.63. The molecule has 3 nitrogen and oxygen atoms in total. The average molecular weight is 278 g/mol. The molecule has 114 valence electrons. The zero-order chi connectivity index (χ0) is 14.8. The van der Waals surface area contributed by atoms with Crippen molar-refractivity contribution in [2.45, 2.75) is 33.9 Å². The van der Waals surface area contributed by atoms with Crippen LogP contribution in [0.25, 0.3) is 0 Å². The highest BCUT2D eigenvalue weighted by molar-refractivity contribution is 5.26. The topological polar surface area (TPSA) is 24.5 Å². The largest absolute Gasteiger partial charge is 0.380 e. The van der Waals surface area contributed by atoms with Crippen LogP contribution in [0.3, 0.4) is 0 Å². The van der Waals surface area contributed by atoms with Gasteiger partial charge in [0.1, 0.15) is 0 Å². The van der Waals surface area contributed by atoms with Gasteiger partial charge in [-0.3, -0.25) is 4.90 Å². The van der Waals surface area contributed by atoms with E-state index in [-0.39, 0.29) is 0 Å². The predicted molar refractivity (Wildman–Crippen MR) is 85.8 cm³/mol. The lowest BCUT2D eigenvalue weighted by atomic mass is 10.1. The normalized spacial score (nSPS) is 11.5. The van der Waals surface area contributed by atoms with E-state index >= 15 is 0 Å². The number of nitrogens with zero attached hydrogens (tertiary/aromatic N) is 1. The molecule has 0 spiro atoms. The average Bonchev–Trinajstić information content (AvgIpc) is 2.40. The summed E-state index contributed by atoms with van der Waals surface area (Å²) in [6.45, 7) is 12.1. The third-order valence-electron chi connectivity index (χ3n) is 3.25. The number of benzene rings is 1. The summed E-state index contributed by atoms with van der Waals surface area (Å²) in [6.07, 6.45) is 0. The number of hydrogen-bond donors (Lipinski definition) is 1. The highest BCUT2D eigenvalue weighted by atomic mass is 16.5. The van der Waals surface area contributed by atoms with Crippen molar-refractivity contribution in [2.75, 3.05) is 33.4 Å². The zero-order valence-electron chi connectivity index (χ0n) is 13.5. The molecule has 0 radical (unpaired) electrons. The van der Waals surface area contributed by atoms with Crippen molar-refractivity contribution in [3.05, 3.63) is 35.4 Å². The summed E-state index contributed by atoms with van der Waals surface area (Å²) in [5.41, 5.74) is 2.80. The smallest absolute Gasteiger partial charge is 0.0593 e. The molecule has 1 N–H and O–H groups in total. The fourth-order valence-electron chi connectivity index (χ4n) is 2.11. The van der Waals surface area contributed by atoms with Crippen LogP contribution in [0.2, 0.25) is 0 Å². The van der Waals surface area contributed by atoms with Crippen LogP contribution in [-0.2, 0) is 17.8 Å². The van der Waals surface area contributed by atoms with Crippen molar-refractivity contribution in [3.63, 3.8) is 0 Å². The van der Waals surface area contributed by atoms with E-state index in [1.54, 1.807) is 0 Å². The van der Waals surface area contributed by atoms with Gasteiger partial charge >= 0.3 is 0 Å². The van der Waals surface area contributed by atoms with Crippen LogP contribution in [0.4, 0.5) is 0 Å². The second kappa shape index (κ2) is 9.92. The monoisotopic (exact) mass is 278 g/mol. The minimum atomic E-state index is 0.691. The molecule has 20 heavy (non-hydrogen) atoms. The lowest BCUT2D eigenvalue weighted by Gasteiger charge is -2.19. The molecule has 0 aliphatic carbocycles. The summed E-state index contributed by atoms with van der Waals surface area (Å²) >= 11 is 0. The molecule has 0 aliphatic rings. The Bertz CT molecular complexity index is 366. The second-order valence-corrected chi connectivity index (χ2v) is 5.73. The van der Waals surface area contributed by atoms with Crippen LogP contribution in [-0.4, -0.2) is 38.3 Å². The van der Waals surface area contributed by atoms with Crippen molar-refractivity contribution in [1.29, 1.82) is 0 Å². The standard InChI is InChI=1S/C17H30N2O/c1-5-20-11-10-19(4)14-17-9-7-6-8-16(17)13-18-12-15(2)3/h6-9,15,18H,5,10-14H2,1-4H3. The number of hydrogen-bond acceptors (Lipinski definition) is 3. The molecule has 0 bridgehead atoms. The Kier molecular flexibility index (Phi) is 8.51. The fourth-order valence-corrected chi connectivity index (χ4v) is 2.11. The number of likely N-dealkylation sites (N-methyl/N-ethyl adjacent to an activating group) is 1. The molecule has 0 aliphatic heterocycles. The van der Waals surface area contributed by atoms with Crippen LogP contribution in [0.1, 0.15) is 31.9 Å². The summed E-state index contributed by atoms with van der Waals surface area (Å²) in [5.74, 6) is 0.691. The minimum absolute atomic E-state index is 0.691. The van der Waals surface area contributed by atoms with Gasteiger partial charge in [-0.05, 0) is 37.6 Å². The minimum Gasteiger partial charge on any atom is -0.380 e. The molecule has 3 heteroatoms. The summed E-state index contributed by atoms with van der Waals surface area (Å²) in [6, 6.07) is 8.69. The van der Waals surface area contributed by atoms with E-state index in [2.05, 4.69) is 55.4 Å². The van der Waals surface area contributed by atoms with Crippen molar-refractivity contribution in [1.82, 2.24) is 10.2 Å². The summed E-state index contributed by atoms with van der Waals surface area (Å²) in [5, 5.41) is 3.52. The van der Waals surface area contributed by atoms with E-state index < -0.39 is 0 Å². The van der Waals surface area contributed by atoms with E-state index in [4.69, 9.17) is 4.74 Å². The lowest BCUT2D eigenvalue weighted by Crippen LogP contribution is -2.25. The van der Waals surface area contributed by atoms with Crippen LogP contribution in [0.15, 0.2) is 24.3 Å². The lowest BCUT2D eigenvalue weighted by molar-refractivity contribution is 0.120. The van der Waals surface area contributed by atoms with Gasteiger partial charge in [0.15, 0.2) is 0 Å². The zero-order valence-corrected chi connectivity index (χ0v) is 13.5. The Balaban J connectivity index is 2.47. The maximum Gasteiger partial charge on any atom is 0.0593 e. The SMILES string of the molecule is CCOCCN(C)Cc1ccccc1CNCC(C)C. The Hall–Kier alpha value is -0.900. The van der Waals surface area contributed by atoms with Crippen molar-refractivity contribution in [2.24, 2.45) is 5.92 Å². The first-order valence-corrected chi connectivity index (χ1v) is 7.67. The van der Waals surface area contributed by atoms with Gasteiger partial charge in [0, 0.05) is 26.2 Å². The molecule has 1 aromatic carbocycles. The van der Waals surface area contributed by atoms with Gasteiger partial charge in [-0.25, -0.2) is 0 Å². The molecular formula is C17H30N2O. The molecule has 0 atom stereocenters. The van der Waals surface area contributed by atoms with Crippen molar-refractivity contribution >= 4 is 0 Å². The van der Waals surface area contributed by atoms with Gasteiger partial charge in [-0.15, -0.1) is 0 Å². The molecule has 0 saturated heterocycles. The molecule has 0 saturated carbocycles. The van der Waals surface area contributed by atoms with Crippen LogP contribution >= 0.6 is 0 Å². The summed E-state index contributed by atoms with van der Waals surface area (Å²) in [4.78, 5) is 2.32.